The predicted octanol–water partition coefficient (Wildman–Crippen LogP) is 5.50. The maximum atomic E-state index is 12.6. The van der Waals surface area contributed by atoms with Crippen LogP contribution in [0.3, 0.4) is 0 Å². The molecule has 4 aromatic rings. The van der Waals surface area contributed by atoms with E-state index in [4.69, 9.17) is 4.74 Å². The maximum absolute atomic E-state index is 12.6. The summed E-state index contributed by atoms with van der Waals surface area (Å²) in [5.41, 5.74) is 5.07. The molecule has 0 saturated heterocycles. The van der Waals surface area contributed by atoms with Gasteiger partial charge in [0.05, 0.1) is 37.2 Å². The number of rotatable bonds is 7. The number of hydrogen-bond donors (Lipinski definition) is 0. The highest BCUT2D eigenvalue weighted by molar-refractivity contribution is 6.01. The molecule has 0 bridgehead atoms. The zero-order chi connectivity index (χ0) is 23.8. The number of fused-ring (bicyclic) bond motifs is 1. The summed E-state index contributed by atoms with van der Waals surface area (Å²) in [4.78, 5) is 17.1. The minimum absolute atomic E-state index is 0.209. The third-order valence-electron chi connectivity index (χ3n) is 5.55. The standard InChI is InChI=1S/C24H23F3N4O2/c1-4-15-9-17(10-21(33-3)23(15)20(32)5-7-24(25,26)27)19-13-28-22-11-16(6-8-31(19)22)18-12-29-30(2)14-18/h6,8-14H,4-5,7H2,1-3H3. The first-order valence-corrected chi connectivity index (χ1v) is 10.5. The smallest absolute Gasteiger partial charge is 0.389 e. The Hall–Kier alpha value is -3.62. The molecule has 172 valence electrons. The highest BCUT2D eigenvalue weighted by Gasteiger charge is 2.29. The van der Waals surface area contributed by atoms with Crippen molar-refractivity contribution in [1.29, 1.82) is 0 Å². The molecule has 0 fully saturated rings. The number of imidazole rings is 1. The minimum Gasteiger partial charge on any atom is -0.496 e. The third kappa shape index (κ3) is 4.62. The average Bonchev–Trinajstić information content (AvgIpc) is 3.41. The van der Waals surface area contributed by atoms with Gasteiger partial charge in [0.1, 0.15) is 11.4 Å². The first-order chi connectivity index (χ1) is 15.7. The zero-order valence-corrected chi connectivity index (χ0v) is 18.5. The number of ketones is 1. The summed E-state index contributed by atoms with van der Waals surface area (Å²) >= 11 is 0. The molecule has 4 rings (SSSR count). The Bertz CT molecular complexity index is 1300. The van der Waals surface area contributed by atoms with Crippen molar-refractivity contribution in [2.24, 2.45) is 7.05 Å². The number of nitrogens with zero attached hydrogens (tertiary/aromatic N) is 4. The molecule has 0 aliphatic carbocycles. The van der Waals surface area contributed by atoms with E-state index in [-0.39, 0.29) is 11.3 Å². The van der Waals surface area contributed by atoms with E-state index in [2.05, 4.69) is 10.1 Å². The number of aryl methyl sites for hydroxylation is 2. The molecule has 0 atom stereocenters. The predicted molar refractivity (Wildman–Crippen MR) is 118 cm³/mol. The molecule has 0 saturated carbocycles. The minimum atomic E-state index is -4.39. The molecule has 0 amide bonds. The molecule has 3 heterocycles. The fraction of sp³-hybridized carbons (Fsp3) is 0.292. The van der Waals surface area contributed by atoms with Crippen LogP contribution in [0.4, 0.5) is 13.2 Å². The van der Waals surface area contributed by atoms with Gasteiger partial charge in [-0.1, -0.05) is 6.92 Å². The molecule has 0 aliphatic heterocycles. The van der Waals surface area contributed by atoms with Gasteiger partial charge in [0, 0.05) is 37.0 Å². The lowest BCUT2D eigenvalue weighted by Gasteiger charge is -2.15. The quantitative estimate of drug-likeness (QED) is 0.345. The largest absolute Gasteiger partial charge is 0.496 e. The summed E-state index contributed by atoms with van der Waals surface area (Å²) in [5.74, 6) is -0.315. The van der Waals surface area contributed by atoms with Crippen molar-refractivity contribution in [3.8, 4) is 28.1 Å². The summed E-state index contributed by atoms with van der Waals surface area (Å²) in [6.07, 6.45) is 1.64. The SMILES string of the molecule is CCc1cc(-c2cnc3cc(-c4cnn(C)c4)ccn23)cc(OC)c1C(=O)CCC(F)(F)F. The van der Waals surface area contributed by atoms with E-state index in [1.165, 1.54) is 7.11 Å². The zero-order valence-electron chi connectivity index (χ0n) is 18.5. The summed E-state index contributed by atoms with van der Waals surface area (Å²) < 4.78 is 47.0. The second-order valence-corrected chi connectivity index (χ2v) is 7.79. The molecule has 6 nitrogen and oxygen atoms in total. The van der Waals surface area contributed by atoms with E-state index in [9.17, 15) is 18.0 Å². The molecular formula is C24H23F3N4O2. The van der Waals surface area contributed by atoms with Crippen molar-refractivity contribution in [3.05, 3.63) is 60.2 Å². The van der Waals surface area contributed by atoms with Crippen LogP contribution in [0, 0.1) is 0 Å². The number of aromatic nitrogens is 4. The van der Waals surface area contributed by atoms with Crippen molar-refractivity contribution < 1.29 is 22.7 Å². The van der Waals surface area contributed by atoms with E-state index >= 15 is 0 Å². The Balaban J connectivity index is 1.74. The highest BCUT2D eigenvalue weighted by Crippen LogP contribution is 2.34. The Morgan fingerprint density at radius 1 is 1.12 bits per heavy atom. The molecule has 9 heteroatoms. The number of ether oxygens (including phenoxy) is 1. The maximum Gasteiger partial charge on any atom is 0.389 e. The number of alkyl halides is 3. The van der Waals surface area contributed by atoms with Gasteiger partial charge in [-0.25, -0.2) is 4.98 Å². The molecule has 0 aliphatic rings. The van der Waals surface area contributed by atoms with Crippen LogP contribution in [0.15, 0.2) is 49.1 Å². The number of carbonyl (C=O) groups is 1. The second kappa shape index (κ2) is 8.73. The molecule has 3 aromatic heterocycles. The summed E-state index contributed by atoms with van der Waals surface area (Å²) in [6, 6.07) is 7.41. The van der Waals surface area contributed by atoms with Gasteiger partial charge >= 0.3 is 6.18 Å². The van der Waals surface area contributed by atoms with E-state index in [0.717, 1.165) is 28.0 Å². The van der Waals surface area contributed by atoms with E-state index in [1.54, 1.807) is 23.1 Å². The number of benzene rings is 1. The molecule has 0 N–H and O–H groups in total. The van der Waals surface area contributed by atoms with Gasteiger partial charge in [-0.2, -0.15) is 18.3 Å². The van der Waals surface area contributed by atoms with Crippen molar-refractivity contribution in [3.63, 3.8) is 0 Å². The number of halogens is 3. The summed E-state index contributed by atoms with van der Waals surface area (Å²) in [6.45, 7) is 1.85. The number of hydrogen-bond acceptors (Lipinski definition) is 4. The first-order valence-electron chi connectivity index (χ1n) is 10.5. The van der Waals surface area contributed by atoms with Crippen LogP contribution in [0.5, 0.6) is 5.75 Å². The van der Waals surface area contributed by atoms with Crippen molar-refractivity contribution in [2.45, 2.75) is 32.4 Å². The van der Waals surface area contributed by atoms with E-state index < -0.39 is 24.8 Å². The first kappa shape index (κ1) is 22.6. The second-order valence-electron chi connectivity index (χ2n) is 7.79. The topological polar surface area (TPSA) is 61.4 Å². The average molecular weight is 456 g/mol. The summed E-state index contributed by atoms with van der Waals surface area (Å²) in [5, 5.41) is 4.20. The van der Waals surface area contributed by atoms with Crippen molar-refractivity contribution in [2.75, 3.05) is 7.11 Å². The number of Topliss-reactive ketones (excluding diaryl/α,β-unsaturated/α-hetero) is 1. The monoisotopic (exact) mass is 456 g/mol. The van der Waals surface area contributed by atoms with Crippen LogP contribution in [-0.4, -0.2) is 38.2 Å². The fourth-order valence-electron chi connectivity index (χ4n) is 3.90. The van der Waals surface area contributed by atoms with Crippen molar-refractivity contribution >= 4 is 11.4 Å². The molecule has 0 spiro atoms. The lowest BCUT2D eigenvalue weighted by atomic mass is 9.94. The van der Waals surface area contributed by atoms with Crippen LogP contribution in [0.25, 0.3) is 28.0 Å². The number of carbonyl (C=O) groups excluding carboxylic acids is 1. The Morgan fingerprint density at radius 2 is 1.91 bits per heavy atom. The normalized spacial score (nSPS) is 11.8. The van der Waals surface area contributed by atoms with Crippen LogP contribution in [0.1, 0.15) is 35.7 Å². The van der Waals surface area contributed by atoms with Crippen LogP contribution < -0.4 is 4.74 Å². The van der Waals surface area contributed by atoms with Crippen LogP contribution in [-0.2, 0) is 13.5 Å². The molecule has 1 aromatic carbocycles. The lowest BCUT2D eigenvalue weighted by molar-refractivity contribution is -0.133. The van der Waals surface area contributed by atoms with Crippen molar-refractivity contribution in [1.82, 2.24) is 19.2 Å². The van der Waals surface area contributed by atoms with Gasteiger partial charge < -0.3 is 4.74 Å². The molecule has 33 heavy (non-hydrogen) atoms. The van der Waals surface area contributed by atoms with Gasteiger partial charge in [-0.05, 0) is 41.8 Å². The molecular weight excluding hydrogens is 433 g/mol. The Morgan fingerprint density at radius 3 is 2.55 bits per heavy atom. The van der Waals surface area contributed by atoms with Gasteiger partial charge in [0.25, 0.3) is 0 Å². The number of pyridine rings is 1. The highest BCUT2D eigenvalue weighted by atomic mass is 19.4. The van der Waals surface area contributed by atoms with Gasteiger partial charge in [0.2, 0.25) is 0 Å². The van der Waals surface area contributed by atoms with Gasteiger partial charge in [-0.15, -0.1) is 0 Å². The molecule has 0 unspecified atom stereocenters. The molecule has 0 radical (unpaired) electrons. The third-order valence-corrected chi connectivity index (χ3v) is 5.55. The van der Waals surface area contributed by atoms with Crippen LogP contribution in [0.2, 0.25) is 0 Å². The fourth-order valence-corrected chi connectivity index (χ4v) is 3.90. The number of methoxy groups -OCH3 is 1. The summed E-state index contributed by atoms with van der Waals surface area (Å²) in [7, 11) is 3.26. The Labute approximate surface area is 188 Å². The lowest BCUT2D eigenvalue weighted by Crippen LogP contribution is -2.13. The van der Waals surface area contributed by atoms with E-state index in [0.29, 0.717) is 12.0 Å². The van der Waals surface area contributed by atoms with Crippen LogP contribution >= 0.6 is 0 Å². The Kier molecular flexibility index (Phi) is 5.97. The van der Waals surface area contributed by atoms with E-state index in [1.807, 2.05) is 49.0 Å². The van der Waals surface area contributed by atoms with Gasteiger partial charge in [-0.3, -0.25) is 13.9 Å². The van der Waals surface area contributed by atoms with Gasteiger partial charge in [0.15, 0.2) is 5.78 Å².